The van der Waals surface area contributed by atoms with Crippen molar-refractivity contribution in [2.45, 2.75) is 44.9 Å². The molecule has 4 rings (SSSR count). The molecule has 0 radical (unpaired) electrons. The van der Waals surface area contributed by atoms with Gasteiger partial charge in [-0.05, 0) is 54.0 Å². The number of halogens is 2. The van der Waals surface area contributed by atoms with Gasteiger partial charge in [0.1, 0.15) is 11.6 Å². The molecule has 2 aliphatic rings. The van der Waals surface area contributed by atoms with E-state index < -0.39 is 11.6 Å². The van der Waals surface area contributed by atoms with Crippen molar-refractivity contribution < 1.29 is 8.78 Å². The van der Waals surface area contributed by atoms with Crippen molar-refractivity contribution in [3.63, 3.8) is 0 Å². The first kappa shape index (κ1) is 13.8. The average Bonchev–Trinajstić information content (AvgIpc) is 2.81. The van der Waals surface area contributed by atoms with E-state index in [1.165, 1.54) is 6.07 Å². The Bertz CT molecular complexity index is 785. The van der Waals surface area contributed by atoms with Crippen molar-refractivity contribution in [1.82, 2.24) is 10.2 Å². The topological polar surface area (TPSA) is 25.8 Å². The molecule has 0 saturated heterocycles. The predicted molar refractivity (Wildman–Crippen MR) is 80.5 cm³/mol. The maximum absolute atomic E-state index is 14.0. The minimum absolute atomic E-state index is 0.0268. The zero-order chi connectivity index (χ0) is 15.7. The summed E-state index contributed by atoms with van der Waals surface area (Å²) in [6, 6.07) is 5.35. The summed E-state index contributed by atoms with van der Waals surface area (Å²) in [5.41, 5.74) is 2.95. The lowest BCUT2D eigenvalue weighted by molar-refractivity contribution is 0.226. The normalized spacial score (nSPS) is 28.0. The van der Waals surface area contributed by atoms with Crippen LogP contribution >= 0.6 is 0 Å². The van der Waals surface area contributed by atoms with Gasteiger partial charge >= 0.3 is 0 Å². The van der Waals surface area contributed by atoms with Crippen LogP contribution in [0.1, 0.15) is 50.8 Å². The Morgan fingerprint density at radius 1 is 1.09 bits per heavy atom. The van der Waals surface area contributed by atoms with Crippen molar-refractivity contribution in [3.8, 4) is 11.3 Å². The van der Waals surface area contributed by atoms with Crippen molar-refractivity contribution in [2.24, 2.45) is 5.41 Å². The molecule has 2 bridgehead atoms. The standard InChI is InChI=1S/C18H18F2N2/c1-17(2)13-6-7-18(17,3)16-11(13)9-15(21-22-16)12-8-10(19)4-5-14(12)20/h4-5,8-9,13H,6-7H2,1-3H3/t13-,18+/m0/s1. The number of nitrogens with zero attached hydrogens (tertiary/aromatic N) is 2. The second kappa shape index (κ2) is 4.12. The second-order valence-corrected chi connectivity index (χ2v) is 7.30. The molecule has 0 N–H and O–H groups in total. The maximum atomic E-state index is 14.0. The van der Waals surface area contributed by atoms with E-state index in [-0.39, 0.29) is 16.4 Å². The van der Waals surface area contributed by atoms with Crippen LogP contribution in [0, 0.1) is 17.0 Å². The molecule has 1 heterocycles. The van der Waals surface area contributed by atoms with Crippen LogP contribution in [0.15, 0.2) is 24.3 Å². The Morgan fingerprint density at radius 2 is 1.86 bits per heavy atom. The minimum atomic E-state index is -0.468. The summed E-state index contributed by atoms with van der Waals surface area (Å²) in [7, 11) is 0. The molecular formula is C18H18F2N2. The Hall–Kier alpha value is -1.84. The largest absolute Gasteiger partial charge is 0.207 e. The van der Waals surface area contributed by atoms with E-state index in [0.29, 0.717) is 11.6 Å². The van der Waals surface area contributed by atoms with Crippen molar-refractivity contribution >= 4 is 0 Å². The summed E-state index contributed by atoms with van der Waals surface area (Å²) in [4.78, 5) is 0. The molecule has 0 spiro atoms. The first-order valence-corrected chi connectivity index (χ1v) is 7.68. The highest BCUT2D eigenvalue weighted by molar-refractivity contribution is 5.62. The van der Waals surface area contributed by atoms with Gasteiger partial charge in [0.2, 0.25) is 0 Å². The van der Waals surface area contributed by atoms with Gasteiger partial charge in [0.05, 0.1) is 11.4 Å². The molecule has 0 amide bonds. The van der Waals surface area contributed by atoms with E-state index in [4.69, 9.17) is 0 Å². The van der Waals surface area contributed by atoms with Crippen LogP contribution in [-0.2, 0) is 5.41 Å². The highest BCUT2D eigenvalue weighted by atomic mass is 19.1. The predicted octanol–water partition coefficient (Wildman–Crippen LogP) is 4.60. The summed E-state index contributed by atoms with van der Waals surface area (Å²) < 4.78 is 27.4. The number of fused-ring (bicyclic) bond motifs is 5. The van der Waals surface area contributed by atoms with E-state index in [1.54, 1.807) is 0 Å². The fourth-order valence-corrected chi connectivity index (χ4v) is 4.39. The van der Waals surface area contributed by atoms with Crippen LogP contribution in [0.5, 0.6) is 0 Å². The Balaban J connectivity index is 1.89. The van der Waals surface area contributed by atoms with Crippen molar-refractivity contribution in [3.05, 3.63) is 47.2 Å². The highest BCUT2D eigenvalue weighted by Crippen LogP contribution is 2.67. The molecule has 1 aromatic carbocycles. The first-order chi connectivity index (χ1) is 10.3. The third kappa shape index (κ3) is 1.53. The lowest BCUT2D eigenvalue weighted by Crippen LogP contribution is -2.32. The second-order valence-electron chi connectivity index (χ2n) is 7.30. The summed E-state index contributed by atoms with van der Waals surface area (Å²) in [6.07, 6.45) is 2.23. The molecule has 1 aromatic heterocycles. The van der Waals surface area contributed by atoms with Crippen LogP contribution in [0.2, 0.25) is 0 Å². The number of benzene rings is 1. The van der Waals surface area contributed by atoms with Gasteiger partial charge in [0, 0.05) is 11.0 Å². The smallest absolute Gasteiger partial charge is 0.132 e. The zero-order valence-electron chi connectivity index (χ0n) is 13.0. The molecule has 1 fully saturated rings. The molecule has 114 valence electrons. The zero-order valence-corrected chi connectivity index (χ0v) is 13.0. The number of rotatable bonds is 1. The third-order valence-corrected chi connectivity index (χ3v) is 6.15. The average molecular weight is 300 g/mol. The number of hydrogen-bond donors (Lipinski definition) is 0. The molecule has 2 aromatic rings. The Labute approximate surface area is 128 Å². The molecule has 0 aliphatic heterocycles. The molecule has 2 nitrogen and oxygen atoms in total. The SMILES string of the molecule is CC1(C)[C@H]2CC[C@]1(C)c1nnc(-c3cc(F)ccc3F)cc12. The molecule has 2 atom stereocenters. The van der Waals surface area contributed by atoms with E-state index >= 15 is 0 Å². The minimum Gasteiger partial charge on any atom is -0.207 e. The molecule has 0 unspecified atom stereocenters. The van der Waals surface area contributed by atoms with E-state index in [1.807, 2.05) is 6.07 Å². The first-order valence-electron chi connectivity index (χ1n) is 7.68. The molecule has 1 saturated carbocycles. The van der Waals surface area contributed by atoms with Gasteiger partial charge in [-0.25, -0.2) is 8.78 Å². The van der Waals surface area contributed by atoms with Crippen molar-refractivity contribution in [1.29, 1.82) is 0 Å². The number of aromatic nitrogens is 2. The fourth-order valence-electron chi connectivity index (χ4n) is 4.39. The van der Waals surface area contributed by atoms with Crippen LogP contribution in [0.3, 0.4) is 0 Å². The van der Waals surface area contributed by atoms with Gasteiger partial charge in [-0.1, -0.05) is 20.8 Å². The quantitative estimate of drug-likeness (QED) is 0.769. The molecule has 22 heavy (non-hydrogen) atoms. The van der Waals surface area contributed by atoms with Crippen LogP contribution < -0.4 is 0 Å². The van der Waals surface area contributed by atoms with E-state index in [9.17, 15) is 8.78 Å². The number of hydrogen-bond acceptors (Lipinski definition) is 2. The summed E-state index contributed by atoms with van der Waals surface area (Å²) >= 11 is 0. The highest BCUT2D eigenvalue weighted by Gasteiger charge is 2.60. The van der Waals surface area contributed by atoms with Crippen LogP contribution in [0.25, 0.3) is 11.3 Å². The summed E-state index contributed by atoms with van der Waals surface area (Å²) in [6.45, 7) is 6.79. The lowest BCUT2D eigenvalue weighted by atomic mass is 9.70. The van der Waals surface area contributed by atoms with Crippen LogP contribution in [0.4, 0.5) is 8.78 Å². The van der Waals surface area contributed by atoms with Crippen LogP contribution in [-0.4, -0.2) is 10.2 Å². The Morgan fingerprint density at radius 3 is 2.64 bits per heavy atom. The molecule has 2 aliphatic carbocycles. The van der Waals surface area contributed by atoms with Crippen molar-refractivity contribution in [2.75, 3.05) is 0 Å². The van der Waals surface area contributed by atoms with Gasteiger partial charge in [-0.15, -0.1) is 0 Å². The van der Waals surface area contributed by atoms with E-state index in [0.717, 1.165) is 36.2 Å². The third-order valence-electron chi connectivity index (χ3n) is 6.15. The van der Waals surface area contributed by atoms with Gasteiger partial charge in [0.25, 0.3) is 0 Å². The Kier molecular flexibility index (Phi) is 2.58. The monoisotopic (exact) mass is 300 g/mol. The van der Waals surface area contributed by atoms with Gasteiger partial charge in [-0.2, -0.15) is 10.2 Å². The summed E-state index contributed by atoms with van der Waals surface area (Å²) in [5.74, 6) is -0.518. The van der Waals surface area contributed by atoms with Gasteiger partial charge < -0.3 is 0 Å². The maximum Gasteiger partial charge on any atom is 0.132 e. The molecular weight excluding hydrogens is 282 g/mol. The van der Waals surface area contributed by atoms with E-state index in [2.05, 4.69) is 31.0 Å². The van der Waals surface area contributed by atoms with Gasteiger partial charge in [0.15, 0.2) is 0 Å². The van der Waals surface area contributed by atoms with Gasteiger partial charge in [-0.3, -0.25) is 0 Å². The fraction of sp³-hybridized carbons (Fsp3) is 0.444. The summed E-state index contributed by atoms with van der Waals surface area (Å²) in [5, 5.41) is 8.61. The lowest BCUT2D eigenvalue weighted by Gasteiger charge is -2.33. The molecule has 4 heteroatoms.